The van der Waals surface area contributed by atoms with Gasteiger partial charge < -0.3 is 18.8 Å². The highest BCUT2D eigenvalue weighted by Gasteiger charge is 2.19. The summed E-state index contributed by atoms with van der Waals surface area (Å²) >= 11 is 6.21. The average molecular weight is 400 g/mol. The molecule has 146 valence electrons. The van der Waals surface area contributed by atoms with Crippen LogP contribution in [0.15, 0.2) is 53.0 Å². The van der Waals surface area contributed by atoms with E-state index in [2.05, 4.69) is 0 Å². The molecule has 1 atom stereocenters. The number of carbonyl (C=O) groups is 1. The maximum Gasteiger partial charge on any atom is 0.246 e. The lowest BCUT2D eigenvalue weighted by Gasteiger charge is -2.21. The van der Waals surface area contributed by atoms with Gasteiger partial charge in [0.15, 0.2) is 11.5 Å². The molecule has 2 aromatic carbocycles. The first-order chi connectivity index (χ1) is 13.4. The minimum absolute atomic E-state index is 0.154. The van der Waals surface area contributed by atoms with Gasteiger partial charge >= 0.3 is 0 Å². The van der Waals surface area contributed by atoms with Crippen molar-refractivity contribution in [1.29, 1.82) is 0 Å². The molecule has 1 aromatic heterocycles. The van der Waals surface area contributed by atoms with E-state index in [9.17, 15) is 4.79 Å². The number of methoxy groups -OCH3 is 2. The van der Waals surface area contributed by atoms with Crippen LogP contribution in [0.5, 0.6) is 11.5 Å². The Morgan fingerprint density at radius 1 is 1.18 bits per heavy atom. The van der Waals surface area contributed by atoms with E-state index < -0.39 is 0 Å². The quantitative estimate of drug-likeness (QED) is 0.525. The van der Waals surface area contributed by atoms with Gasteiger partial charge in [0.25, 0.3) is 0 Å². The third-order valence-electron chi connectivity index (χ3n) is 4.66. The molecule has 5 nitrogen and oxygen atoms in total. The molecule has 1 unspecified atom stereocenters. The largest absolute Gasteiger partial charge is 0.493 e. The zero-order valence-electron chi connectivity index (χ0n) is 16.2. The van der Waals surface area contributed by atoms with Crippen molar-refractivity contribution >= 4 is 34.6 Å². The van der Waals surface area contributed by atoms with E-state index in [4.69, 9.17) is 25.5 Å². The fraction of sp³-hybridized carbons (Fsp3) is 0.227. The molecule has 0 saturated carbocycles. The van der Waals surface area contributed by atoms with E-state index in [0.717, 1.165) is 22.3 Å². The number of amides is 1. The van der Waals surface area contributed by atoms with Crippen molar-refractivity contribution in [3.8, 4) is 11.5 Å². The Kier molecular flexibility index (Phi) is 5.95. The van der Waals surface area contributed by atoms with Gasteiger partial charge in [-0.3, -0.25) is 4.79 Å². The number of rotatable bonds is 6. The standard InChI is InChI=1S/C22H22ClNO4/c1-14(19-13-16-7-5-6-8-18(16)28-19)24(2)21(25)10-9-15-11-17(23)22(27-4)20(12-15)26-3/h5-14H,1-4H3/b10-9+. The minimum atomic E-state index is -0.210. The van der Waals surface area contributed by atoms with Crippen LogP contribution in [-0.2, 0) is 4.79 Å². The van der Waals surface area contributed by atoms with Gasteiger partial charge in [-0.25, -0.2) is 0 Å². The summed E-state index contributed by atoms with van der Waals surface area (Å²) in [7, 11) is 4.80. The average Bonchev–Trinajstić information content (AvgIpc) is 3.14. The smallest absolute Gasteiger partial charge is 0.246 e. The zero-order chi connectivity index (χ0) is 20.3. The molecule has 3 aromatic rings. The van der Waals surface area contributed by atoms with Crippen molar-refractivity contribution in [3.63, 3.8) is 0 Å². The highest BCUT2D eigenvalue weighted by Crippen LogP contribution is 2.36. The van der Waals surface area contributed by atoms with Crippen LogP contribution in [0, 0.1) is 0 Å². The second-order valence-corrected chi connectivity index (χ2v) is 6.79. The summed E-state index contributed by atoms with van der Waals surface area (Å²) in [5, 5.41) is 1.43. The number of fused-ring (bicyclic) bond motifs is 1. The molecule has 3 rings (SSSR count). The second kappa shape index (κ2) is 8.40. The number of carbonyl (C=O) groups excluding carboxylic acids is 1. The Morgan fingerprint density at radius 2 is 1.93 bits per heavy atom. The summed E-state index contributed by atoms with van der Waals surface area (Å²) in [6, 6.07) is 13.0. The summed E-state index contributed by atoms with van der Waals surface area (Å²) in [5.74, 6) is 1.55. The normalized spacial score (nSPS) is 12.3. The lowest BCUT2D eigenvalue weighted by atomic mass is 10.1. The van der Waals surface area contributed by atoms with Crippen LogP contribution in [-0.4, -0.2) is 32.1 Å². The number of benzene rings is 2. The molecule has 0 N–H and O–H groups in total. The predicted octanol–water partition coefficient (Wildman–Crippen LogP) is 5.34. The maximum atomic E-state index is 12.6. The van der Waals surface area contributed by atoms with Crippen LogP contribution in [0.4, 0.5) is 0 Å². The molecular weight excluding hydrogens is 378 g/mol. The van der Waals surface area contributed by atoms with Crippen LogP contribution in [0.3, 0.4) is 0 Å². The van der Waals surface area contributed by atoms with Crippen molar-refractivity contribution < 1.29 is 18.7 Å². The molecule has 1 amide bonds. The number of ether oxygens (including phenoxy) is 2. The number of para-hydroxylation sites is 1. The first-order valence-electron chi connectivity index (χ1n) is 8.79. The summed E-state index contributed by atoms with van der Waals surface area (Å²) in [6.45, 7) is 1.93. The second-order valence-electron chi connectivity index (χ2n) is 6.38. The van der Waals surface area contributed by atoms with E-state index in [0.29, 0.717) is 16.5 Å². The van der Waals surface area contributed by atoms with Crippen molar-refractivity contribution in [3.05, 3.63) is 64.9 Å². The predicted molar refractivity (Wildman–Crippen MR) is 111 cm³/mol. The minimum Gasteiger partial charge on any atom is -0.493 e. The molecule has 0 bridgehead atoms. The van der Waals surface area contributed by atoms with Gasteiger partial charge in [-0.2, -0.15) is 0 Å². The van der Waals surface area contributed by atoms with Gasteiger partial charge in [-0.1, -0.05) is 29.8 Å². The highest BCUT2D eigenvalue weighted by atomic mass is 35.5. The lowest BCUT2D eigenvalue weighted by molar-refractivity contribution is -0.126. The molecular formula is C22H22ClNO4. The zero-order valence-corrected chi connectivity index (χ0v) is 17.0. The Hall–Kier alpha value is -2.92. The first-order valence-corrected chi connectivity index (χ1v) is 9.17. The molecule has 0 aliphatic heterocycles. The van der Waals surface area contributed by atoms with E-state index >= 15 is 0 Å². The molecule has 0 aliphatic carbocycles. The van der Waals surface area contributed by atoms with Gasteiger partial charge in [0.2, 0.25) is 5.91 Å². The van der Waals surface area contributed by atoms with Crippen molar-refractivity contribution in [2.45, 2.75) is 13.0 Å². The van der Waals surface area contributed by atoms with Gasteiger partial charge in [-0.15, -0.1) is 0 Å². The lowest BCUT2D eigenvalue weighted by Crippen LogP contribution is -2.27. The van der Waals surface area contributed by atoms with Gasteiger partial charge in [-0.05, 0) is 42.8 Å². The Balaban J connectivity index is 1.77. The fourth-order valence-corrected chi connectivity index (χ4v) is 3.21. The summed E-state index contributed by atoms with van der Waals surface area (Å²) in [6.07, 6.45) is 3.19. The number of halogens is 1. The number of hydrogen-bond donors (Lipinski definition) is 0. The number of nitrogens with zero attached hydrogens (tertiary/aromatic N) is 1. The van der Waals surface area contributed by atoms with Crippen LogP contribution >= 0.6 is 11.6 Å². The van der Waals surface area contributed by atoms with Crippen LogP contribution in [0.2, 0.25) is 5.02 Å². The molecule has 0 fully saturated rings. The summed E-state index contributed by atoms with van der Waals surface area (Å²) in [5.41, 5.74) is 1.54. The third-order valence-corrected chi connectivity index (χ3v) is 4.94. The fourth-order valence-electron chi connectivity index (χ4n) is 2.91. The first kappa shape index (κ1) is 19.8. The number of furan rings is 1. The Morgan fingerprint density at radius 3 is 2.61 bits per heavy atom. The monoisotopic (exact) mass is 399 g/mol. The molecule has 0 spiro atoms. The van der Waals surface area contributed by atoms with E-state index in [1.807, 2.05) is 37.3 Å². The SMILES string of the molecule is COc1cc(/C=C/C(=O)N(C)C(C)c2cc3ccccc3o2)cc(Cl)c1OC. The van der Waals surface area contributed by atoms with E-state index in [1.54, 1.807) is 30.2 Å². The number of hydrogen-bond acceptors (Lipinski definition) is 4. The Labute approximate surface area is 169 Å². The van der Waals surface area contributed by atoms with Crippen molar-refractivity contribution in [2.24, 2.45) is 0 Å². The molecule has 0 aliphatic rings. The summed E-state index contributed by atoms with van der Waals surface area (Å²) < 4.78 is 16.4. The number of likely N-dealkylation sites (N-methyl/N-ethyl adjacent to an activating group) is 1. The Bertz CT molecular complexity index is 992. The van der Waals surface area contributed by atoms with Gasteiger partial charge in [0.05, 0.1) is 25.3 Å². The van der Waals surface area contributed by atoms with Gasteiger partial charge in [0.1, 0.15) is 11.3 Å². The maximum absolute atomic E-state index is 12.6. The van der Waals surface area contributed by atoms with Crippen LogP contribution in [0.25, 0.3) is 17.0 Å². The van der Waals surface area contributed by atoms with Crippen molar-refractivity contribution in [1.82, 2.24) is 4.90 Å². The molecule has 0 radical (unpaired) electrons. The van der Waals surface area contributed by atoms with E-state index in [1.165, 1.54) is 20.3 Å². The van der Waals surface area contributed by atoms with Gasteiger partial charge in [0, 0.05) is 18.5 Å². The molecule has 28 heavy (non-hydrogen) atoms. The van der Waals surface area contributed by atoms with Crippen molar-refractivity contribution in [2.75, 3.05) is 21.3 Å². The van der Waals surface area contributed by atoms with E-state index in [-0.39, 0.29) is 11.9 Å². The summed E-state index contributed by atoms with van der Waals surface area (Å²) in [4.78, 5) is 14.2. The molecule has 0 saturated heterocycles. The topological polar surface area (TPSA) is 51.9 Å². The van der Waals surface area contributed by atoms with Crippen LogP contribution in [0.1, 0.15) is 24.3 Å². The molecule has 6 heteroatoms. The van der Waals surface area contributed by atoms with Crippen LogP contribution < -0.4 is 9.47 Å². The molecule has 1 heterocycles. The highest BCUT2D eigenvalue weighted by molar-refractivity contribution is 6.32. The third kappa shape index (κ3) is 3.99.